The lowest BCUT2D eigenvalue weighted by molar-refractivity contribution is 0.630. The van der Waals surface area contributed by atoms with Crippen molar-refractivity contribution in [3.63, 3.8) is 0 Å². The highest BCUT2D eigenvalue weighted by Gasteiger charge is 2.14. The van der Waals surface area contributed by atoms with Crippen molar-refractivity contribution in [2.24, 2.45) is 0 Å². The Morgan fingerprint density at radius 2 is 2.06 bits per heavy atom. The highest BCUT2D eigenvalue weighted by Crippen LogP contribution is 2.28. The fourth-order valence-corrected chi connectivity index (χ4v) is 2.02. The summed E-state index contributed by atoms with van der Waals surface area (Å²) in [6.07, 6.45) is 2.21. The highest BCUT2D eigenvalue weighted by molar-refractivity contribution is 5.69. The van der Waals surface area contributed by atoms with Gasteiger partial charge in [-0.1, -0.05) is 18.6 Å². The van der Waals surface area contributed by atoms with Crippen molar-refractivity contribution in [1.82, 2.24) is 9.97 Å². The van der Waals surface area contributed by atoms with Gasteiger partial charge in [-0.3, -0.25) is 0 Å². The molecule has 1 N–H and O–H groups in total. The van der Waals surface area contributed by atoms with Crippen LogP contribution in [-0.2, 0) is 6.42 Å². The van der Waals surface area contributed by atoms with Crippen molar-refractivity contribution in [3.05, 3.63) is 41.5 Å². The molecule has 4 heteroatoms. The minimum atomic E-state index is -0.254. The third kappa shape index (κ3) is 2.18. The Balaban J connectivity index is 2.66. The molecule has 0 saturated heterocycles. The Morgan fingerprint density at radius 1 is 1.28 bits per heavy atom. The maximum absolute atomic E-state index is 13.9. The average Bonchev–Trinajstić information content (AvgIpc) is 2.40. The number of aryl methyl sites for hydroxylation is 1. The molecule has 0 unspecified atom stereocenters. The van der Waals surface area contributed by atoms with Gasteiger partial charge in [0.1, 0.15) is 18.0 Å². The first-order valence-corrected chi connectivity index (χ1v) is 5.95. The molecule has 0 atom stereocenters. The summed E-state index contributed by atoms with van der Waals surface area (Å²) in [5, 5.41) is 3.02. The molecule has 18 heavy (non-hydrogen) atoms. The Kier molecular flexibility index (Phi) is 3.55. The first kappa shape index (κ1) is 12.5. The van der Waals surface area contributed by atoms with Crippen LogP contribution in [-0.4, -0.2) is 17.0 Å². The van der Waals surface area contributed by atoms with Gasteiger partial charge >= 0.3 is 0 Å². The number of hydrogen-bond acceptors (Lipinski definition) is 3. The van der Waals surface area contributed by atoms with E-state index in [1.165, 1.54) is 12.4 Å². The number of nitrogens with zero attached hydrogens (tertiary/aromatic N) is 2. The van der Waals surface area contributed by atoms with Crippen molar-refractivity contribution in [2.45, 2.75) is 20.3 Å². The zero-order valence-electron chi connectivity index (χ0n) is 10.8. The fraction of sp³-hybridized carbons (Fsp3) is 0.286. The van der Waals surface area contributed by atoms with Crippen molar-refractivity contribution in [2.75, 3.05) is 12.4 Å². The SMILES string of the molecule is CCc1c(NC)ncnc1-c1cc(C)ccc1F. The van der Waals surface area contributed by atoms with Crippen LogP contribution in [0.25, 0.3) is 11.3 Å². The maximum Gasteiger partial charge on any atom is 0.132 e. The second-order valence-corrected chi connectivity index (χ2v) is 4.14. The van der Waals surface area contributed by atoms with E-state index in [9.17, 15) is 4.39 Å². The molecule has 0 radical (unpaired) electrons. The lowest BCUT2D eigenvalue weighted by atomic mass is 10.0. The molecule has 1 aromatic carbocycles. The van der Waals surface area contributed by atoms with Gasteiger partial charge in [0.25, 0.3) is 0 Å². The van der Waals surface area contributed by atoms with Gasteiger partial charge in [-0.05, 0) is 25.5 Å². The molecule has 0 bridgehead atoms. The number of nitrogens with one attached hydrogen (secondary N) is 1. The summed E-state index contributed by atoms with van der Waals surface area (Å²) in [6, 6.07) is 5.05. The van der Waals surface area contributed by atoms with Crippen LogP contribution >= 0.6 is 0 Å². The van der Waals surface area contributed by atoms with Crippen LogP contribution in [0.15, 0.2) is 24.5 Å². The topological polar surface area (TPSA) is 37.8 Å². The first-order chi connectivity index (χ1) is 8.67. The van der Waals surface area contributed by atoms with Crippen LogP contribution in [0.4, 0.5) is 10.2 Å². The molecule has 0 fully saturated rings. The maximum atomic E-state index is 13.9. The summed E-state index contributed by atoms with van der Waals surface area (Å²) < 4.78 is 13.9. The normalized spacial score (nSPS) is 10.4. The number of rotatable bonds is 3. The summed E-state index contributed by atoms with van der Waals surface area (Å²) in [5.41, 5.74) is 3.14. The third-order valence-electron chi connectivity index (χ3n) is 2.91. The van der Waals surface area contributed by atoms with Crippen LogP contribution in [0.3, 0.4) is 0 Å². The van der Waals surface area contributed by atoms with E-state index in [0.29, 0.717) is 11.3 Å². The van der Waals surface area contributed by atoms with E-state index in [2.05, 4.69) is 15.3 Å². The van der Waals surface area contributed by atoms with Gasteiger partial charge in [-0.15, -0.1) is 0 Å². The molecule has 1 aromatic heterocycles. The van der Waals surface area contributed by atoms with Gasteiger partial charge in [0.05, 0.1) is 5.69 Å². The van der Waals surface area contributed by atoms with Crippen molar-refractivity contribution >= 4 is 5.82 Å². The molecule has 2 aromatic rings. The Morgan fingerprint density at radius 3 is 2.72 bits per heavy atom. The molecular formula is C14H16FN3. The van der Waals surface area contributed by atoms with E-state index >= 15 is 0 Å². The molecule has 0 aliphatic carbocycles. The lowest BCUT2D eigenvalue weighted by Crippen LogP contribution is -2.03. The highest BCUT2D eigenvalue weighted by atomic mass is 19.1. The molecule has 1 heterocycles. The number of benzene rings is 1. The van der Waals surface area contributed by atoms with Crippen LogP contribution in [0, 0.1) is 12.7 Å². The molecule has 94 valence electrons. The summed E-state index contributed by atoms with van der Waals surface area (Å²) in [4.78, 5) is 8.40. The average molecular weight is 245 g/mol. The van der Waals surface area contributed by atoms with Gasteiger partial charge in [0.15, 0.2) is 0 Å². The predicted octanol–water partition coefficient (Wildman–Crippen LogP) is 3.20. The van der Waals surface area contributed by atoms with Gasteiger partial charge < -0.3 is 5.32 Å². The molecule has 3 nitrogen and oxygen atoms in total. The van der Waals surface area contributed by atoms with Crippen molar-refractivity contribution < 1.29 is 4.39 Å². The number of hydrogen-bond donors (Lipinski definition) is 1. The molecular weight excluding hydrogens is 229 g/mol. The van der Waals surface area contributed by atoms with Crippen LogP contribution in [0.2, 0.25) is 0 Å². The Bertz CT molecular complexity index is 567. The number of halogens is 1. The van der Waals surface area contributed by atoms with Crippen LogP contribution in [0.5, 0.6) is 0 Å². The van der Waals surface area contributed by atoms with Gasteiger partial charge in [0.2, 0.25) is 0 Å². The van der Waals surface area contributed by atoms with Crippen LogP contribution < -0.4 is 5.32 Å². The van der Waals surface area contributed by atoms with Gasteiger partial charge in [-0.2, -0.15) is 0 Å². The molecule has 0 spiro atoms. The lowest BCUT2D eigenvalue weighted by Gasteiger charge is -2.12. The standard InChI is InChI=1S/C14H16FN3/c1-4-10-13(17-8-18-14(10)16-3)11-7-9(2)5-6-12(11)15/h5-8H,4H2,1-3H3,(H,16,17,18). The molecule has 2 rings (SSSR count). The minimum Gasteiger partial charge on any atom is -0.373 e. The zero-order valence-corrected chi connectivity index (χ0v) is 10.8. The second-order valence-electron chi connectivity index (χ2n) is 4.14. The second kappa shape index (κ2) is 5.12. The summed E-state index contributed by atoms with van der Waals surface area (Å²) in [6.45, 7) is 3.95. The molecule has 0 saturated carbocycles. The Labute approximate surface area is 106 Å². The van der Waals surface area contributed by atoms with E-state index in [0.717, 1.165) is 23.4 Å². The summed E-state index contributed by atoms with van der Waals surface area (Å²) in [7, 11) is 1.80. The number of anilines is 1. The number of aromatic nitrogens is 2. The summed E-state index contributed by atoms with van der Waals surface area (Å²) in [5.74, 6) is 0.499. The smallest absolute Gasteiger partial charge is 0.132 e. The largest absolute Gasteiger partial charge is 0.373 e. The van der Waals surface area contributed by atoms with E-state index in [4.69, 9.17) is 0 Å². The fourth-order valence-electron chi connectivity index (χ4n) is 2.02. The molecule has 0 aliphatic rings. The van der Waals surface area contributed by atoms with Crippen LogP contribution in [0.1, 0.15) is 18.1 Å². The van der Waals surface area contributed by atoms with E-state index in [-0.39, 0.29) is 5.82 Å². The van der Waals surface area contributed by atoms with E-state index in [1.807, 2.05) is 19.9 Å². The van der Waals surface area contributed by atoms with Gasteiger partial charge in [-0.25, -0.2) is 14.4 Å². The quantitative estimate of drug-likeness (QED) is 0.902. The van der Waals surface area contributed by atoms with E-state index in [1.54, 1.807) is 13.1 Å². The molecule has 0 aliphatic heterocycles. The monoisotopic (exact) mass is 245 g/mol. The molecule has 0 amide bonds. The Hall–Kier alpha value is -1.97. The minimum absolute atomic E-state index is 0.254. The van der Waals surface area contributed by atoms with Gasteiger partial charge in [0, 0.05) is 18.2 Å². The third-order valence-corrected chi connectivity index (χ3v) is 2.91. The zero-order chi connectivity index (χ0) is 13.1. The summed E-state index contributed by atoms with van der Waals surface area (Å²) >= 11 is 0. The predicted molar refractivity (Wildman–Crippen MR) is 71.1 cm³/mol. The van der Waals surface area contributed by atoms with Crippen molar-refractivity contribution in [1.29, 1.82) is 0 Å². The van der Waals surface area contributed by atoms with Crippen molar-refractivity contribution in [3.8, 4) is 11.3 Å². The first-order valence-electron chi connectivity index (χ1n) is 5.95. The van der Waals surface area contributed by atoms with E-state index < -0.39 is 0 Å².